The first-order chi connectivity index (χ1) is 7.60. The van der Waals surface area contributed by atoms with Crippen LogP contribution < -0.4 is 15.4 Å². The highest BCUT2D eigenvalue weighted by Crippen LogP contribution is 2.23. The maximum Gasteiger partial charge on any atom is 0.314 e. The Labute approximate surface area is 96.0 Å². The van der Waals surface area contributed by atoms with Crippen molar-refractivity contribution >= 4 is 6.03 Å². The monoisotopic (exact) mass is 222 g/mol. The van der Waals surface area contributed by atoms with E-state index in [0.717, 1.165) is 22.4 Å². The molecule has 0 heterocycles. The minimum absolute atomic E-state index is 0.173. The van der Waals surface area contributed by atoms with Crippen LogP contribution in [0.3, 0.4) is 0 Å². The fourth-order valence-corrected chi connectivity index (χ4v) is 1.53. The summed E-state index contributed by atoms with van der Waals surface area (Å²) in [7, 11) is 3.26. The molecule has 4 heteroatoms. The van der Waals surface area contributed by atoms with Gasteiger partial charge in [0.1, 0.15) is 5.75 Å². The average molecular weight is 222 g/mol. The number of methoxy groups -OCH3 is 1. The van der Waals surface area contributed by atoms with Crippen molar-refractivity contribution in [2.75, 3.05) is 14.2 Å². The predicted octanol–water partition coefficient (Wildman–Crippen LogP) is 1.74. The molecule has 0 aliphatic carbocycles. The second-order valence-electron chi connectivity index (χ2n) is 3.61. The molecule has 0 spiro atoms. The molecule has 1 aromatic carbocycles. The molecule has 0 aliphatic rings. The second kappa shape index (κ2) is 5.39. The van der Waals surface area contributed by atoms with Gasteiger partial charge in [0, 0.05) is 13.6 Å². The normalized spacial score (nSPS) is 9.75. The third kappa shape index (κ3) is 2.66. The summed E-state index contributed by atoms with van der Waals surface area (Å²) in [4.78, 5) is 11.1. The van der Waals surface area contributed by atoms with Crippen LogP contribution in [0.4, 0.5) is 4.79 Å². The Morgan fingerprint density at radius 3 is 2.56 bits per heavy atom. The highest BCUT2D eigenvalue weighted by atomic mass is 16.5. The first-order valence-corrected chi connectivity index (χ1v) is 5.18. The van der Waals surface area contributed by atoms with Crippen LogP contribution in [-0.4, -0.2) is 20.2 Å². The lowest BCUT2D eigenvalue weighted by Gasteiger charge is -2.13. The Hall–Kier alpha value is -1.71. The molecular formula is C12H18N2O2. The van der Waals surface area contributed by atoms with Gasteiger partial charge in [0.15, 0.2) is 0 Å². The first-order valence-electron chi connectivity index (χ1n) is 5.18. The molecule has 4 nitrogen and oxygen atoms in total. The van der Waals surface area contributed by atoms with E-state index in [2.05, 4.69) is 10.6 Å². The number of hydrogen-bond acceptors (Lipinski definition) is 2. The Kier molecular flexibility index (Phi) is 4.17. The zero-order chi connectivity index (χ0) is 12.1. The van der Waals surface area contributed by atoms with Crippen molar-refractivity contribution in [3.63, 3.8) is 0 Å². The van der Waals surface area contributed by atoms with Gasteiger partial charge in [-0.3, -0.25) is 0 Å². The van der Waals surface area contributed by atoms with Crippen molar-refractivity contribution in [3.8, 4) is 5.75 Å². The van der Waals surface area contributed by atoms with E-state index < -0.39 is 0 Å². The van der Waals surface area contributed by atoms with Crippen LogP contribution in [0.5, 0.6) is 5.75 Å². The van der Waals surface area contributed by atoms with Crippen molar-refractivity contribution in [1.29, 1.82) is 0 Å². The summed E-state index contributed by atoms with van der Waals surface area (Å²) in [6.45, 7) is 4.56. The van der Waals surface area contributed by atoms with E-state index in [4.69, 9.17) is 4.74 Å². The Bertz CT molecular complexity index is 389. The lowest BCUT2D eigenvalue weighted by Crippen LogP contribution is -2.32. The van der Waals surface area contributed by atoms with Crippen LogP contribution in [0.1, 0.15) is 16.7 Å². The fraction of sp³-hybridized carbons (Fsp3) is 0.417. The molecule has 0 aliphatic heterocycles. The molecule has 2 N–H and O–H groups in total. The van der Waals surface area contributed by atoms with Gasteiger partial charge in [0.25, 0.3) is 0 Å². The lowest BCUT2D eigenvalue weighted by atomic mass is 10.0. The van der Waals surface area contributed by atoms with Gasteiger partial charge in [-0.05, 0) is 36.6 Å². The zero-order valence-corrected chi connectivity index (χ0v) is 10.2. The molecule has 0 radical (unpaired) electrons. The fourth-order valence-electron chi connectivity index (χ4n) is 1.53. The SMILES string of the molecule is CNC(=O)NCc1ccc(OC)c(C)c1C. The van der Waals surface area contributed by atoms with Crippen LogP contribution in [-0.2, 0) is 6.54 Å². The van der Waals surface area contributed by atoms with Gasteiger partial charge >= 0.3 is 6.03 Å². The summed E-state index contributed by atoms with van der Waals surface area (Å²) < 4.78 is 5.23. The number of rotatable bonds is 3. The standard InChI is InChI=1S/C12H18N2O2/c1-8-9(2)11(16-4)6-5-10(8)7-14-12(15)13-3/h5-6H,7H2,1-4H3,(H2,13,14,15). The van der Waals surface area contributed by atoms with Crippen LogP contribution in [0, 0.1) is 13.8 Å². The highest BCUT2D eigenvalue weighted by Gasteiger charge is 2.07. The molecule has 0 atom stereocenters. The third-order valence-corrected chi connectivity index (χ3v) is 2.74. The summed E-state index contributed by atoms with van der Waals surface area (Å²) >= 11 is 0. The van der Waals surface area contributed by atoms with Crippen molar-refractivity contribution in [3.05, 3.63) is 28.8 Å². The van der Waals surface area contributed by atoms with E-state index in [1.165, 1.54) is 0 Å². The molecule has 16 heavy (non-hydrogen) atoms. The van der Waals surface area contributed by atoms with Gasteiger partial charge in [-0.15, -0.1) is 0 Å². The summed E-state index contributed by atoms with van der Waals surface area (Å²) in [5.74, 6) is 0.876. The van der Waals surface area contributed by atoms with Crippen LogP contribution in [0.15, 0.2) is 12.1 Å². The number of ether oxygens (including phenoxy) is 1. The molecule has 88 valence electrons. The minimum atomic E-state index is -0.173. The number of carbonyl (C=O) groups is 1. The van der Waals surface area contributed by atoms with Gasteiger partial charge < -0.3 is 15.4 Å². The average Bonchev–Trinajstić information content (AvgIpc) is 2.30. The number of carbonyl (C=O) groups excluding carboxylic acids is 1. The van der Waals surface area contributed by atoms with Crippen LogP contribution in [0.25, 0.3) is 0 Å². The Balaban J connectivity index is 2.82. The van der Waals surface area contributed by atoms with E-state index >= 15 is 0 Å². The number of benzene rings is 1. The van der Waals surface area contributed by atoms with Gasteiger partial charge in [-0.2, -0.15) is 0 Å². The smallest absolute Gasteiger partial charge is 0.314 e. The summed E-state index contributed by atoms with van der Waals surface area (Å²) in [5.41, 5.74) is 3.36. The van der Waals surface area contributed by atoms with Crippen molar-refractivity contribution in [2.24, 2.45) is 0 Å². The van der Waals surface area contributed by atoms with E-state index in [1.807, 2.05) is 26.0 Å². The molecule has 1 aromatic rings. The Morgan fingerprint density at radius 2 is 2.00 bits per heavy atom. The molecule has 2 amide bonds. The topological polar surface area (TPSA) is 50.4 Å². The summed E-state index contributed by atoms with van der Waals surface area (Å²) in [5, 5.41) is 5.28. The van der Waals surface area contributed by atoms with E-state index in [0.29, 0.717) is 6.54 Å². The second-order valence-corrected chi connectivity index (χ2v) is 3.61. The van der Waals surface area contributed by atoms with Gasteiger partial charge in [-0.25, -0.2) is 4.79 Å². The molecule has 0 unspecified atom stereocenters. The molecule has 0 saturated heterocycles. The third-order valence-electron chi connectivity index (χ3n) is 2.74. The molecule has 1 rings (SSSR count). The van der Waals surface area contributed by atoms with E-state index in [-0.39, 0.29) is 6.03 Å². The quantitative estimate of drug-likeness (QED) is 0.818. The van der Waals surface area contributed by atoms with Crippen molar-refractivity contribution < 1.29 is 9.53 Å². The zero-order valence-electron chi connectivity index (χ0n) is 10.2. The first kappa shape index (κ1) is 12.4. The van der Waals surface area contributed by atoms with E-state index in [1.54, 1.807) is 14.2 Å². The molecule has 0 saturated carbocycles. The number of urea groups is 1. The molecule has 0 bridgehead atoms. The predicted molar refractivity (Wildman–Crippen MR) is 63.8 cm³/mol. The van der Waals surface area contributed by atoms with E-state index in [9.17, 15) is 4.79 Å². The lowest BCUT2D eigenvalue weighted by molar-refractivity contribution is 0.242. The molecule has 0 fully saturated rings. The van der Waals surface area contributed by atoms with Crippen molar-refractivity contribution in [2.45, 2.75) is 20.4 Å². The number of nitrogens with one attached hydrogen (secondary N) is 2. The maximum atomic E-state index is 11.1. The molecular weight excluding hydrogens is 204 g/mol. The van der Waals surface area contributed by atoms with Gasteiger partial charge in [0.2, 0.25) is 0 Å². The molecule has 0 aromatic heterocycles. The summed E-state index contributed by atoms with van der Waals surface area (Å²) in [6.07, 6.45) is 0. The van der Waals surface area contributed by atoms with Gasteiger partial charge in [-0.1, -0.05) is 6.07 Å². The summed E-state index contributed by atoms with van der Waals surface area (Å²) in [6, 6.07) is 3.72. The van der Waals surface area contributed by atoms with Crippen LogP contribution >= 0.6 is 0 Å². The Morgan fingerprint density at radius 1 is 1.31 bits per heavy atom. The maximum absolute atomic E-state index is 11.1. The minimum Gasteiger partial charge on any atom is -0.496 e. The number of amides is 2. The van der Waals surface area contributed by atoms with Gasteiger partial charge in [0.05, 0.1) is 7.11 Å². The van der Waals surface area contributed by atoms with Crippen LogP contribution in [0.2, 0.25) is 0 Å². The highest BCUT2D eigenvalue weighted by molar-refractivity contribution is 5.73. The number of hydrogen-bond donors (Lipinski definition) is 2. The van der Waals surface area contributed by atoms with Crippen molar-refractivity contribution in [1.82, 2.24) is 10.6 Å². The largest absolute Gasteiger partial charge is 0.496 e.